The summed E-state index contributed by atoms with van der Waals surface area (Å²) >= 11 is 0. The van der Waals surface area contributed by atoms with Gasteiger partial charge in [-0.3, -0.25) is 9.80 Å². The Bertz CT molecular complexity index is 959. The number of rotatable bonds is 5. The molecule has 1 aromatic carbocycles. The quantitative estimate of drug-likeness (QED) is 0.623. The van der Waals surface area contributed by atoms with Crippen LogP contribution >= 0.6 is 0 Å². The van der Waals surface area contributed by atoms with Crippen LogP contribution in [0.3, 0.4) is 0 Å². The third kappa shape index (κ3) is 4.87. The summed E-state index contributed by atoms with van der Waals surface area (Å²) in [6, 6.07) is 2.66. The Hall–Kier alpha value is -0.00364. The molecule has 0 spiro atoms. The zero-order chi connectivity index (χ0) is 21.8. The van der Waals surface area contributed by atoms with E-state index < -0.39 is 21.3 Å². The van der Waals surface area contributed by atoms with E-state index in [1.165, 1.54) is 22.3 Å². The minimum Gasteiger partial charge on any atom is -0.307 e. The van der Waals surface area contributed by atoms with Crippen molar-refractivity contribution in [3.8, 4) is 0 Å². The van der Waals surface area contributed by atoms with Gasteiger partial charge < -0.3 is 5.32 Å². The molecule has 1 radical (unpaired) electrons. The average molecular weight is 486 g/mol. The van der Waals surface area contributed by atoms with Crippen molar-refractivity contribution in [1.82, 2.24) is 14.5 Å². The van der Waals surface area contributed by atoms with Gasteiger partial charge >= 0.3 is 6.03 Å². The fraction of sp³-hybridized carbons (Fsp3) is 0.696. The monoisotopic (exact) mass is 485 g/mol. The SMILES string of the molecule is CC(C)N1CC(N2CCC(S(=O)(=O)NC(=O)Nc3c4c(cc5c3CCC5)CCC4)C2)C1.[K]. The van der Waals surface area contributed by atoms with Crippen molar-refractivity contribution >= 4 is 73.1 Å². The predicted molar refractivity (Wildman–Crippen MR) is 128 cm³/mol. The first-order valence-electron chi connectivity index (χ1n) is 11.8. The normalized spacial score (nSPS) is 23.5. The minimum atomic E-state index is -3.71. The van der Waals surface area contributed by atoms with Crippen LogP contribution in [0.15, 0.2) is 6.07 Å². The largest absolute Gasteiger partial charge is 0.332 e. The Morgan fingerprint density at radius 2 is 1.66 bits per heavy atom. The maximum atomic E-state index is 12.9. The van der Waals surface area contributed by atoms with Crippen molar-refractivity contribution in [2.75, 3.05) is 31.5 Å². The summed E-state index contributed by atoms with van der Waals surface area (Å²) in [5, 5.41) is 2.42. The molecule has 171 valence electrons. The molecule has 0 bridgehead atoms. The van der Waals surface area contributed by atoms with Crippen LogP contribution in [0.4, 0.5) is 10.5 Å². The van der Waals surface area contributed by atoms with Gasteiger partial charge in [0.2, 0.25) is 10.0 Å². The van der Waals surface area contributed by atoms with Crippen LogP contribution in [0.2, 0.25) is 0 Å². The molecule has 1 aromatic rings. The van der Waals surface area contributed by atoms with E-state index in [2.05, 4.69) is 39.8 Å². The molecule has 9 heteroatoms. The van der Waals surface area contributed by atoms with Gasteiger partial charge in [-0.15, -0.1) is 0 Å². The second kappa shape index (κ2) is 9.93. The number of nitrogens with one attached hydrogen (secondary N) is 2. The maximum Gasteiger partial charge on any atom is 0.332 e. The predicted octanol–water partition coefficient (Wildman–Crippen LogP) is 1.90. The Kier molecular flexibility index (Phi) is 7.79. The van der Waals surface area contributed by atoms with Crippen LogP contribution in [0.1, 0.15) is 55.4 Å². The van der Waals surface area contributed by atoms with Crippen molar-refractivity contribution in [2.24, 2.45) is 0 Å². The molecule has 2 N–H and O–H groups in total. The molecule has 7 nitrogen and oxygen atoms in total. The van der Waals surface area contributed by atoms with E-state index in [0.29, 0.717) is 25.0 Å². The van der Waals surface area contributed by atoms with Crippen LogP contribution in [-0.2, 0) is 35.7 Å². The Morgan fingerprint density at radius 3 is 2.25 bits per heavy atom. The molecule has 2 aliphatic heterocycles. The van der Waals surface area contributed by atoms with Crippen LogP contribution in [-0.4, -0.2) is 119 Å². The third-order valence-electron chi connectivity index (χ3n) is 7.70. The van der Waals surface area contributed by atoms with Gasteiger partial charge in [-0.2, -0.15) is 0 Å². The Labute approximate surface area is 234 Å². The summed E-state index contributed by atoms with van der Waals surface area (Å²) in [5.74, 6) is 0. The molecule has 2 saturated heterocycles. The molecule has 5 rings (SSSR count). The zero-order valence-electron chi connectivity index (χ0n) is 19.6. The van der Waals surface area contributed by atoms with Gasteiger partial charge in [0.25, 0.3) is 0 Å². The minimum absolute atomic E-state index is 0. The summed E-state index contributed by atoms with van der Waals surface area (Å²) in [5.41, 5.74) is 5.94. The fourth-order valence-electron chi connectivity index (χ4n) is 5.80. The van der Waals surface area contributed by atoms with Gasteiger partial charge in [0.15, 0.2) is 0 Å². The Morgan fingerprint density at radius 1 is 1.03 bits per heavy atom. The molecular weight excluding hydrogens is 451 g/mol. The topological polar surface area (TPSA) is 81.8 Å². The number of anilines is 1. The molecule has 2 heterocycles. The van der Waals surface area contributed by atoms with E-state index in [1.807, 2.05) is 0 Å². The first kappa shape index (κ1) is 25.1. The van der Waals surface area contributed by atoms with Gasteiger partial charge in [-0.25, -0.2) is 17.9 Å². The summed E-state index contributed by atoms with van der Waals surface area (Å²) < 4.78 is 28.2. The standard InChI is InChI=1S/C23H34N4O3S.K/c1-15(2)27-12-18(13-27)26-10-9-19(14-26)31(29,30)25-23(28)24-22-20-7-3-5-16(20)11-17-6-4-8-21(17)22;/h11,15,18-19H,3-10,12-14H2,1-2H3,(H2,24,25,28);. The van der Waals surface area contributed by atoms with E-state index >= 15 is 0 Å². The van der Waals surface area contributed by atoms with Crippen LogP contribution < -0.4 is 10.0 Å². The van der Waals surface area contributed by atoms with Gasteiger partial charge in [0.1, 0.15) is 0 Å². The smallest absolute Gasteiger partial charge is 0.307 e. The van der Waals surface area contributed by atoms with Crippen LogP contribution in [0.5, 0.6) is 0 Å². The number of sulfonamides is 1. The van der Waals surface area contributed by atoms with Crippen LogP contribution in [0.25, 0.3) is 0 Å². The van der Waals surface area contributed by atoms with Crippen molar-refractivity contribution in [1.29, 1.82) is 0 Å². The molecule has 4 aliphatic rings. The summed E-state index contributed by atoms with van der Waals surface area (Å²) in [6.07, 6.45) is 6.78. The number of carbonyl (C=O) groups excluding carboxylic acids is 1. The number of urea groups is 1. The molecule has 0 aromatic heterocycles. The van der Waals surface area contributed by atoms with E-state index in [4.69, 9.17) is 0 Å². The summed E-state index contributed by atoms with van der Waals surface area (Å²) in [4.78, 5) is 17.4. The van der Waals surface area contributed by atoms with Gasteiger partial charge in [0.05, 0.1) is 5.25 Å². The third-order valence-corrected chi connectivity index (χ3v) is 9.43. The molecule has 2 fully saturated rings. The zero-order valence-corrected chi connectivity index (χ0v) is 23.6. The molecular formula is C23H34KN4O3S. The number of amides is 2. The maximum absolute atomic E-state index is 12.9. The van der Waals surface area contributed by atoms with Gasteiger partial charge in [-0.05, 0) is 87.6 Å². The number of carbonyl (C=O) groups is 1. The number of nitrogens with zero attached hydrogens (tertiary/aromatic N) is 2. The fourth-order valence-corrected chi connectivity index (χ4v) is 7.08. The number of likely N-dealkylation sites (tertiary alicyclic amines) is 2. The summed E-state index contributed by atoms with van der Waals surface area (Å²) in [7, 11) is -3.71. The van der Waals surface area contributed by atoms with Crippen molar-refractivity contribution in [2.45, 2.75) is 76.1 Å². The van der Waals surface area contributed by atoms with Gasteiger partial charge in [0, 0.05) is 88.8 Å². The number of hydrogen-bond donors (Lipinski definition) is 2. The van der Waals surface area contributed by atoms with Crippen molar-refractivity contribution in [3.63, 3.8) is 0 Å². The van der Waals surface area contributed by atoms with E-state index in [9.17, 15) is 13.2 Å². The first-order chi connectivity index (χ1) is 14.8. The number of benzene rings is 1. The number of aryl methyl sites for hydroxylation is 2. The molecule has 1 unspecified atom stereocenters. The second-order valence-electron chi connectivity index (χ2n) is 9.94. The van der Waals surface area contributed by atoms with Gasteiger partial charge in [-0.1, -0.05) is 6.07 Å². The average Bonchev–Trinajstić information content (AvgIpc) is 3.39. The molecule has 0 saturated carbocycles. The molecule has 1 atom stereocenters. The van der Waals surface area contributed by atoms with Crippen molar-refractivity contribution < 1.29 is 13.2 Å². The van der Waals surface area contributed by atoms with E-state index in [1.54, 1.807) is 0 Å². The molecule has 32 heavy (non-hydrogen) atoms. The second-order valence-corrected chi connectivity index (χ2v) is 11.9. The number of hydrogen-bond acceptors (Lipinski definition) is 5. The van der Waals surface area contributed by atoms with E-state index in [-0.39, 0.29) is 51.4 Å². The molecule has 2 aliphatic carbocycles. The summed E-state index contributed by atoms with van der Waals surface area (Å²) in [6.45, 7) is 7.67. The Balaban J connectivity index is 0.00000245. The first-order valence-corrected chi connectivity index (χ1v) is 13.3. The molecule has 2 amide bonds. The number of fused-ring (bicyclic) bond motifs is 2. The van der Waals surface area contributed by atoms with E-state index in [0.717, 1.165) is 63.8 Å². The van der Waals surface area contributed by atoms with Crippen molar-refractivity contribution in [3.05, 3.63) is 28.3 Å². The van der Waals surface area contributed by atoms with Crippen LogP contribution in [0, 0.1) is 0 Å².